The van der Waals surface area contributed by atoms with Crippen molar-refractivity contribution in [3.05, 3.63) is 46.2 Å². The Balaban J connectivity index is 0.00000242. The lowest BCUT2D eigenvalue weighted by atomic mass is 10.2. The molecule has 5 nitrogen and oxygen atoms in total. The van der Waals surface area contributed by atoms with Crippen molar-refractivity contribution in [1.82, 2.24) is 20.0 Å². The number of nitrogens with one attached hydrogen (secondary N) is 1. The maximum absolute atomic E-state index is 12.4. The molecule has 0 aliphatic carbocycles. The predicted molar refractivity (Wildman–Crippen MR) is 94.1 cm³/mol. The normalized spacial score (nSPS) is 10.2. The Morgan fingerprint density at radius 3 is 2.82 bits per heavy atom. The molecule has 0 bridgehead atoms. The van der Waals surface area contributed by atoms with Crippen molar-refractivity contribution in [3.63, 3.8) is 0 Å². The van der Waals surface area contributed by atoms with E-state index >= 15 is 0 Å². The van der Waals surface area contributed by atoms with Crippen molar-refractivity contribution < 1.29 is 4.79 Å². The van der Waals surface area contributed by atoms with Crippen LogP contribution in [0.4, 0.5) is 0 Å². The van der Waals surface area contributed by atoms with E-state index in [0.29, 0.717) is 12.1 Å². The summed E-state index contributed by atoms with van der Waals surface area (Å²) < 4.78 is 2.76. The van der Waals surface area contributed by atoms with E-state index in [1.165, 1.54) is 0 Å². The van der Waals surface area contributed by atoms with E-state index in [0.717, 1.165) is 22.4 Å². The van der Waals surface area contributed by atoms with Gasteiger partial charge in [-0.05, 0) is 32.2 Å². The van der Waals surface area contributed by atoms with Gasteiger partial charge in [-0.25, -0.2) is 4.68 Å². The average Bonchev–Trinajstić information content (AvgIpc) is 2.85. The van der Waals surface area contributed by atoms with Crippen LogP contribution < -0.4 is 5.32 Å². The minimum absolute atomic E-state index is 0. The molecular weight excluding hydrogens is 368 g/mol. The molecule has 0 spiro atoms. The average molecular weight is 388 g/mol. The number of benzene rings is 1. The molecule has 0 aliphatic heterocycles. The first-order valence-corrected chi connectivity index (χ1v) is 7.54. The second-order valence-electron chi connectivity index (χ2n) is 4.87. The summed E-state index contributed by atoms with van der Waals surface area (Å²) in [5.74, 6) is -0.0102. The lowest BCUT2D eigenvalue weighted by Crippen LogP contribution is -2.33. The minimum Gasteiger partial charge on any atom is -0.340 e. The number of nitrogens with zero attached hydrogens (tertiary/aromatic N) is 3. The second-order valence-corrected chi connectivity index (χ2v) is 5.78. The highest BCUT2D eigenvalue weighted by molar-refractivity contribution is 9.10. The van der Waals surface area contributed by atoms with Crippen LogP contribution in [0.2, 0.25) is 0 Å². The first kappa shape index (κ1) is 18.7. The summed E-state index contributed by atoms with van der Waals surface area (Å²) in [5, 5.41) is 7.38. The number of carbonyl (C=O) groups is 1. The van der Waals surface area contributed by atoms with Gasteiger partial charge in [0.2, 0.25) is 0 Å². The van der Waals surface area contributed by atoms with Crippen molar-refractivity contribution in [2.45, 2.75) is 6.92 Å². The Morgan fingerprint density at radius 1 is 1.45 bits per heavy atom. The van der Waals surface area contributed by atoms with Crippen LogP contribution in [-0.4, -0.2) is 47.8 Å². The fourth-order valence-corrected chi connectivity index (χ4v) is 2.46. The van der Waals surface area contributed by atoms with Crippen molar-refractivity contribution in [2.75, 3.05) is 27.2 Å². The number of hydrogen-bond donors (Lipinski definition) is 1. The summed E-state index contributed by atoms with van der Waals surface area (Å²) in [6, 6.07) is 7.84. The van der Waals surface area contributed by atoms with Crippen LogP contribution in [0.15, 0.2) is 34.9 Å². The highest BCUT2D eigenvalue weighted by Crippen LogP contribution is 2.19. The number of halogens is 2. The van der Waals surface area contributed by atoms with E-state index in [1.807, 2.05) is 38.2 Å². The Bertz CT molecular complexity index is 644. The molecule has 1 heterocycles. The summed E-state index contributed by atoms with van der Waals surface area (Å²) in [4.78, 5) is 14.1. The van der Waals surface area contributed by atoms with Crippen LogP contribution in [-0.2, 0) is 0 Å². The molecule has 0 fully saturated rings. The smallest absolute Gasteiger partial charge is 0.257 e. The summed E-state index contributed by atoms with van der Waals surface area (Å²) in [7, 11) is 3.67. The predicted octanol–water partition coefficient (Wildman–Crippen LogP) is 2.66. The molecule has 120 valence electrons. The number of aromatic nitrogens is 2. The standard InChI is InChI=1S/C15H19BrN4O.ClH/c1-11-14(15(21)19(3)8-7-17-2)10-18-20(11)13-6-4-5-12(16)9-13;/h4-6,9-10,17H,7-8H2,1-3H3;1H. The molecule has 0 aliphatic rings. The van der Waals surface area contributed by atoms with Gasteiger partial charge in [0, 0.05) is 24.6 Å². The van der Waals surface area contributed by atoms with Crippen molar-refractivity contribution >= 4 is 34.2 Å². The zero-order valence-corrected chi connectivity index (χ0v) is 15.2. The summed E-state index contributed by atoms with van der Waals surface area (Å²) in [5.41, 5.74) is 2.40. The van der Waals surface area contributed by atoms with Crippen LogP contribution in [0.1, 0.15) is 16.1 Å². The fraction of sp³-hybridized carbons (Fsp3) is 0.333. The molecule has 1 aromatic carbocycles. The molecule has 0 saturated carbocycles. The maximum atomic E-state index is 12.4. The number of rotatable bonds is 5. The Hall–Kier alpha value is -1.37. The van der Waals surface area contributed by atoms with Gasteiger partial charge < -0.3 is 10.2 Å². The minimum atomic E-state index is -0.0102. The SMILES string of the molecule is CNCCN(C)C(=O)c1cnn(-c2cccc(Br)c2)c1C.Cl. The van der Waals surface area contributed by atoms with Crippen molar-refractivity contribution in [2.24, 2.45) is 0 Å². The maximum Gasteiger partial charge on any atom is 0.257 e. The lowest BCUT2D eigenvalue weighted by Gasteiger charge is -2.16. The molecule has 0 saturated heterocycles. The van der Waals surface area contributed by atoms with E-state index in [1.54, 1.807) is 22.8 Å². The molecule has 0 unspecified atom stereocenters. The van der Waals surface area contributed by atoms with E-state index in [4.69, 9.17) is 0 Å². The van der Waals surface area contributed by atoms with Crippen LogP contribution in [0.25, 0.3) is 5.69 Å². The van der Waals surface area contributed by atoms with Gasteiger partial charge in [-0.1, -0.05) is 22.0 Å². The quantitative estimate of drug-likeness (QED) is 0.858. The van der Waals surface area contributed by atoms with E-state index in [9.17, 15) is 4.79 Å². The van der Waals surface area contributed by atoms with E-state index < -0.39 is 0 Å². The fourth-order valence-electron chi connectivity index (χ4n) is 2.07. The first-order chi connectivity index (χ1) is 10.0. The molecule has 0 atom stereocenters. The highest BCUT2D eigenvalue weighted by Gasteiger charge is 2.18. The monoisotopic (exact) mass is 386 g/mol. The summed E-state index contributed by atoms with van der Waals surface area (Å²) in [6.45, 7) is 3.34. The van der Waals surface area contributed by atoms with Crippen LogP contribution in [0, 0.1) is 6.92 Å². The largest absolute Gasteiger partial charge is 0.340 e. The zero-order valence-electron chi connectivity index (χ0n) is 12.8. The van der Waals surface area contributed by atoms with Crippen LogP contribution in [0.5, 0.6) is 0 Å². The molecule has 7 heteroatoms. The third-order valence-corrected chi connectivity index (χ3v) is 3.83. The molecule has 1 amide bonds. The molecule has 22 heavy (non-hydrogen) atoms. The van der Waals surface area contributed by atoms with Crippen LogP contribution in [0.3, 0.4) is 0 Å². The van der Waals surface area contributed by atoms with Gasteiger partial charge in [0.15, 0.2) is 0 Å². The molecule has 2 rings (SSSR count). The molecule has 1 aromatic heterocycles. The van der Waals surface area contributed by atoms with Gasteiger partial charge in [0.1, 0.15) is 0 Å². The second kappa shape index (κ2) is 8.31. The van der Waals surface area contributed by atoms with Gasteiger partial charge in [0.05, 0.1) is 23.1 Å². The molecular formula is C15H20BrClN4O. The van der Waals surface area contributed by atoms with Gasteiger partial charge in [-0.3, -0.25) is 4.79 Å². The Labute approximate surface area is 145 Å². The topological polar surface area (TPSA) is 50.2 Å². The lowest BCUT2D eigenvalue weighted by molar-refractivity contribution is 0.0796. The van der Waals surface area contributed by atoms with Crippen molar-refractivity contribution in [3.8, 4) is 5.69 Å². The third-order valence-electron chi connectivity index (χ3n) is 3.34. The Morgan fingerprint density at radius 2 is 2.18 bits per heavy atom. The summed E-state index contributed by atoms with van der Waals surface area (Å²) >= 11 is 3.45. The van der Waals surface area contributed by atoms with Crippen molar-refractivity contribution in [1.29, 1.82) is 0 Å². The van der Waals surface area contributed by atoms with Gasteiger partial charge >= 0.3 is 0 Å². The number of likely N-dealkylation sites (N-methyl/N-ethyl adjacent to an activating group) is 2. The van der Waals surface area contributed by atoms with Gasteiger partial charge in [-0.15, -0.1) is 12.4 Å². The third kappa shape index (κ3) is 4.09. The summed E-state index contributed by atoms with van der Waals surface area (Å²) in [6.07, 6.45) is 1.63. The highest BCUT2D eigenvalue weighted by atomic mass is 79.9. The van der Waals surface area contributed by atoms with E-state index in [-0.39, 0.29) is 18.3 Å². The first-order valence-electron chi connectivity index (χ1n) is 6.75. The molecule has 0 radical (unpaired) electrons. The molecule has 2 aromatic rings. The number of carbonyl (C=O) groups excluding carboxylic acids is 1. The zero-order chi connectivity index (χ0) is 15.4. The van der Waals surface area contributed by atoms with E-state index in [2.05, 4.69) is 26.3 Å². The van der Waals surface area contributed by atoms with Gasteiger partial charge in [-0.2, -0.15) is 5.10 Å². The number of hydrogen-bond acceptors (Lipinski definition) is 3. The van der Waals surface area contributed by atoms with Crippen LogP contribution >= 0.6 is 28.3 Å². The Kier molecular flexibility index (Phi) is 7.06. The van der Waals surface area contributed by atoms with Gasteiger partial charge in [0.25, 0.3) is 5.91 Å². The molecule has 1 N–H and O–H groups in total. The number of amides is 1.